The highest BCUT2D eigenvalue weighted by Crippen LogP contribution is 2.20. The smallest absolute Gasteiger partial charge is 0.257 e. The van der Waals surface area contributed by atoms with Crippen molar-refractivity contribution >= 4 is 17.3 Å². The highest BCUT2D eigenvalue weighted by atomic mass is 19.1. The van der Waals surface area contributed by atoms with E-state index in [4.69, 9.17) is 0 Å². The van der Waals surface area contributed by atoms with Crippen LogP contribution in [-0.4, -0.2) is 12.5 Å². The molecule has 0 aliphatic heterocycles. The van der Waals surface area contributed by atoms with E-state index in [-0.39, 0.29) is 11.7 Å². The quantitative estimate of drug-likeness (QED) is 0.887. The molecule has 4 heteroatoms. The third kappa shape index (κ3) is 3.81. The summed E-state index contributed by atoms with van der Waals surface area (Å²) in [5.41, 5.74) is 3.62. The summed E-state index contributed by atoms with van der Waals surface area (Å²) in [6, 6.07) is 10.1. The molecule has 0 aliphatic carbocycles. The Kier molecular flexibility index (Phi) is 4.58. The number of benzene rings is 2. The monoisotopic (exact) mass is 286 g/mol. The van der Waals surface area contributed by atoms with Crippen LogP contribution in [0.3, 0.4) is 0 Å². The van der Waals surface area contributed by atoms with Gasteiger partial charge in [-0.3, -0.25) is 4.79 Å². The van der Waals surface area contributed by atoms with Gasteiger partial charge in [0.15, 0.2) is 0 Å². The molecule has 0 atom stereocenters. The van der Waals surface area contributed by atoms with Gasteiger partial charge in [0.1, 0.15) is 5.82 Å². The summed E-state index contributed by atoms with van der Waals surface area (Å²) >= 11 is 0. The number of carbonyl (C=O) groups is 1. The fourth-order valence-electron chi connectivity index (χ4n) is 2.20. The van der Waals surface area contributed by atoms with Crippen LogP contribution in [0, 0.1) is 19.7 Å². The minimum atomic E-state index is -0.360. The number of amides is 1. The number of nitrogens with one attached hydrogen (secondary N) is 2. The molecule has 0 saturated heterocycles. The molecule has 0 fully saturated rings. The Hall–Kier alpha value is -2.36. The van der Waals surface area contributed by atoms with Gasteiger partial charge in [-0.05, 0) is 62.2 Å². The maximum atomic E-state index is 13.4. The van der Waals surface area contributed by atoms with Crippen LogP contribution in [0.2, 0.25) is 0 Å². The molecule has 2 N–H and O–H groups in total. The van der Waals surface area contributed by atoms with Crippen molar-refractivity contribution in [2.75, 3.05) is 17.2 Å². The van der Waals surface area contributed by atoms with Crippen molar-refractivity contribution in [3.05, 3.63) is 58.9 Å². The van der Waals surface area contributed by atoms with E-state index < -0.39 is 0 Å². The molecule has 2 rings (SSSR count). The van der Waals surface area contributed by atoms with Crippen LogP contribution in [0.25, 0.3) is 0 Å². The van der Waals surface area contributed by atoms with Crippen LogP contribution in [0.15, 0.2) is 36.4 Å². The third-order valence-electron chi connectivity index (χ3n) is 3.09. The predicted octanol–water partition coefficient (Wildman–Crippen LogP) is 4.13. The number of hydrogen-bond acceptors (Lipinski definition) is 2. The first-order valence-corrected chi connectivity index (χ1v) is 6.92. The van der Waals surface area contributed by atoms with Crippen LogP contribution < -0.4 is 10.6 Å². The molecule has 3 nitrogen and oxygen atoms in total. The lowest BCUT2D eigenvalue weighted by atomic mass is 10.1. The van der Waals surface area contributed by atoms with Crippen molar-refractivity contribution in [2.45, 2.75) is 20.8 Å². The van der Waals surface area contributed by atoms with Gasteiger partial charge < -0.3 is 10.6 Å². The van der Waals surface area contributed by atoms with Gasteiger partial charge in [-0.25, -0.2) is 4.39 Å². The largest absolute Gasteiger partial charge is 0.385 e. The number of halogens is 1. The van der Waals surface area contributed by atoms with Gasteiger partial charge in [-0.1, -0.05) is 6.07 Å². The van der Waals surface area contributed by atoms with Crippen LogP contribution >= 0.6 is 0 Å². The maximum Gasteiger partial charge on any atom is 0.257 e. The molecule has 0 spiro atoms. The molecule has 21 heavy (non-hydrogen) atoms. The lowest BCUT2D eigenvalue weighted by Gasteiger charge is -2.12. The standard InChI is InChI=1S/C17H19FN2O/c1-4-19-16-9-11(2)5-6-15(16)17(21)20-14-8-12(3)7-13(18)10-14/h5-10,19H,4H2,1-3H3,(H,20,21). The SMILES string of the molecule is CCNc1cc(C)ccc1C(=O)Nc1cc(C)cc(F)c1. The Morgan fingerprint density at radius 3 is 2.52 bits per heavy atom. The zero-order valence-corrected chi connectivity index (χ0v) is 12.5. The van der Waals surface area contributed by atoms with Crippen molar-refractivity contribution in [3.8, 4) is 0 Å². The molecule has 0 aromatic heterocycles. The Morgan fingerprint density at radius 1 is 1.10 bits per heavy atom. The minimum absolute atomic E-state index is 0.254. The molecule has 2 aromatic rings. The third-order valence-corrected chi connectivity index (χ3v) is 3.09. The van der Waals surface area contributed by atoms with Crippen LogP contribution in [-0.2, 0) is 0 Å². The molecule has 0 radical (unpaired) electrons. The van der Waals surface area contributed by atoms with Crippen molar-refractivity contribution in [2.24, 2.45) is 0 Å². The number of anilines is 2. The van der Waals surface area contributed by atoms with Gasteiger partial charge in [0, 0.05) is 17.9 Å². The first-order chi connectivity index (χ1) is 9.99. The predicted molar refractivity (Wildman–Crippen MR) is 84.4 cm³/mol. The fraction of sp³-hybridized carbons (Fsp3) is 0.235. The molecule has 0 unspecified atom stereocenters. The Morgan fingerprint density at radius 2 is 1.86 bits per heavy atom. The second kappa shape index (κ2) is 6.39. The van der Waals surface area contributed by atoms with Gasteiger partial charge in [-0.2, -0.15) is 0 Å². The Bertz CT molecular complexity index is 648. The summed E-state index contributed by atoms with van der Waals surface area (Å²) in [4.78, 5) is 12.4. The molecule has 2 aromatic carbocycles. The van der Waals surface area contributed by atoms with Gasteiger partial charge in [0.25, 0.3) is 5.91 Å². The molecule has 0 aliphatic rings. The van der Waals surface area contributed by atoms with Gasteiger partial charge in [0.05, 0.1) is 5.56 Å². The molecule has 0 bridgehead atoms. The molecular formula is C17H19FN2O. The van der Waals surface area contributed by atoms with E-state index in [1.807, 2.05) is 26.0 Å². The van der Waals surface area contributed by atoms with E-state index in [1.54, 1.807) is 19.1 Å². The number of aryl methyl sites for hydroxylation is 2. The van der Waals surface area contributed by atoms with Crippen molar-refractivity contribution < 1.29 is 9.18 Å². The lowest BCUT2D eigenvalue weighted by Crippen LogP contribution is -2.15. The highest BCUT2D eigenvalue weighted by molar-refractivity contribution is 6.08. The Balaban J connectivity index is 2.27. The van der Waals surface area contributed by atoms with E-state index in [0.29, 0.717) is 11.3 Å². The highest BCUT2D eigenvalue weighted by Gasteiger charge is 2.12. The van der Waals surface area contributed by atoms with E-state index in [0.717, 1.165) is 23.4 Å². The zero-order valence-electron chi connectivity index (χ0n) is 12.5. The first kappa shape index (κ1) is 15.0. The van der Waals surface area contributed by atoms with Gasteiger partial charge in [0.2, 0.25) is 0 Å². The van der Waals surface area contributed by atoms with E-state index in [9.17, 15) is 9.18 Å². The second-order valence-electron chi connectivity index (χ2n) is 5.05. The molecule has 1 amide bonds. The lowest BCUT2D eigenvalue weighted by molar-refractivity contribution is 0.102. The van der Waals surface area contributed by atoms with Crippen LogP contribution in [0.5, 0.6) is 0 Å². The minimum Gasteiger partial charge on any atom is -0.385 e. The molecule has 110 valence electrons. The average molecular weight is 286 g/mol. The molecular weight excluding hydrogens is 267 g/mol. The van der Waals surface area contributed by atoms with E-state index in [1.165, 1.54) is 12.1 Å². The fourth-order valence-corrected chi connectivity index (χ4v) is 2.20. The van der Waals surface area contributed by atoms with Crippen molar-refractivity contribution in [3.63, 3.8) is 0 Å². The van der Waals surface area contributed by atoms with Crippen LogP contribution in [0.1, 0.15) is 28.4 Å². The zero-order chi connectivity index (χ0) is 15.4. The van der Waals surface area contributed by atoms with Gasteiger partial charge in [-0.15, -0.1) is 0 Å². The number of hydrogen-bond donors (Lipinski definition) is 2. The normalized spacial score (nSPS) is 10.3. The molecule has 0 heterocycles. The Labute approximate surface area is 124 Å². The van der Waals surface area contributed by atoms with E-state index >= 15 is 0 Å². The topological polar surface area (TPSA) is 41.1 Å². The average Bonchev–Trinajstić information content (AvgIpc) is 2.37. The summed E-state index contributed by atoms with van der Waals surface area (Å²) in [6.07, 6.45) is 0. The molecule has 0 saturated carbocycles. The van der Waals surface area contributed by atoms with Crippen molar-refractivity contribution in [1.29, 1.82) is 0 Å². The number of rotatable bonds is 4. The van der Waals surface area contributed by atoms with Crippen LogP contribution in [0.4, 0.5) is 15.8 Å². The van der Waals surface area contributed by atoms with Gasteiger partial charge >= 0.3 is 0 Å². The summed E-state index contributed by atoms with van der Waals surface area (Å²) < 4.78 is 13.4. The summed E-state index contributed by atoms with van der Waals surface area (Å²) in [6.45, 7) is 6.45. The summed E-state index contributed by atoms with van der Waals surface area (Å²) in [7, 11) is 0. The second-order valence-corrected chi connectivity index (χ2v) is 5.05. The summed E-state index contributed by atoms with van der Waals surface area (Å²) in [5, 5.41) is 5.91. The van der Waals surface area contributed by atoms with E-state index in [2.05, 4.69) is 10.6 Å². The number of carbonyl (C=O) groups excluding carboxylic acids is 1. The maximum absolute atomic E-state index is 13.4. The first-order valence-electron chi connectivity index (χ1n) is 6.92. The van der Waals surface area contributed by atoms with Crippen molar-refractivity contribution in [1.82, 2.24) is 0 Å². The summed E-state index contributed by atoms with van der Waals surface area (Å²) in [5.74, 6) is -0.614.